The van der Waals surface area contributed by atoms with E-state index in [0.717, 1.165) is 0 Å². The monoisotopic (exact) mass is 507 g/mol. The quantitative estimate of drug-likeness (QED) is 0.365. The van der Waals surface area contributed by atoms with Gasteiger partial charge in [0.1, 0.15) is 30.5 Å². The highest BCUT2D eigenvalue weighted by atomic mass is 35.5. The molecule has 186 valence electrons. The third-order valence-electron chi connectivity index (χ3n) is 4.73. The molecule has 0 fully saturated rings. The van der Waals surface area contributed by atoms with Gasteiger partial charge in [0.25, 0.3) is 11.8 Å². The summed E-state index contributed by atoms with van der Waals surface area (Å²) < 4.78 is 38.3. The summed E-state index contributed by atoms with van der Waals surface area (Å²) in [5.41, 5.74) is 0.895. The predicted octanol–water partition coefficient (Wildman–Crippen LogP) is 3.10. The molecule has 0 saturated carbocycles. The highest BCUT2D eigenvalue weighted by Gasteiger charge is 2.17. The summed E-state index contributed by atoms with van der Waals surface area (Å²) in [6.45, 7) is 1.70. The fraction of sp³-hybridized carbons (Fsp3) is 0.304. The minimum atomic E-state index is -0.606. The predicted molar refractivity (Wildman–Crippen MR) is 124 cm³/mol. The van der Waals surface area contributed by atoms with E-state index >= 15 is 0 Å². The van der Waals surface area contributed by atoms with E-state index in [4.69, 9.17) is 21.1 Å². The molecule has 0 radical (unpaired) electrons. The Hall–Kier alpha value is -3.57. The van der Waals surface area contributed by atoms with Crippen molar-refractivity contribution in [3.63, 3.8) is 0 Å². The highest BCUT2D eigenvalue weighted by Crippen LogP contribution is 2.25. The number of hydrogen-bond acceptors (Lipinski definition) is 6. The van der Waals surface area contributed by atoms with Gasteiger partial charge in [-0.05, 0) is 37.3 Å². The molecule has 1 heterocycles. The van der Waals surface area contributed by atoms with Crippen LogP contribution in [0, 0.1) is 5.82 Å². The van der Waals surface area contributed by atoms with Gasteiger partial charge in [-0.15, -0.1) is 5.10 Å². The average Bonchev–Trinajstić information content (AvgIpc) is 3.34. The number of amides is 2. The first-order valence-electron chi connectivity index (χ1n) is 10.8. The van der Waals surface area contributed by atoms with E-state index in [0.29, 0.717) is 17.8 Å². The Balaban J connectivity index is 1.77. The zero-order valence-corrected chi connectivity index (χ0v) is 19.6. The maximum absolute atomic E-state index is 13.9. The molecule has 3 aromatic rings. The van der Waals surface area contributed by atoms with E-state index in [9.17, 15) is 18.4 Å². The SMILES string of the molecule is CCNC(=O)c1ccc(-n2cc(C(=O)NCc3c(F)cccc3Cl)nn2)c(OCCOCCF)c1. The normalized spacial score (nSPS) is 10.7. The lowest BCUT2D eigenvalue weighted by Crippen LogP contribution is -2.24. The van der Waals surface area contributed by atoms with Crippen LogP contribution in [0.15, 0.2) is 42.6 Å². The smallest absolute Gasteiger partial charge is 0.273 e. The molecule has 3 rings (SSSR count). The van der Waals surface area contributed by atoms with Gasteiger partial charge in [-0.25, -0.2) is 13.5 Å². The van der Waals surface area contributed by atoms with Crippen molar-refractivity contribution in [2.75, 3.05) is 33.0 Å². The molecule has 0 aliphatic rings. The van der Waals surface area contributed by atoms with Gasteiger partial charge in [0.05, 0.1) is 19.4 Å². The Morgan fingerprint density at radius 3 is 2.69 bits per heavy atom. The van der Waals surface area contributed by atoms with E-state index in [2.05, 4.69) is 20.9 Å². The second-order valence-electron chi connectivity index (χ2n) is 7.12. The Bertz CT molecular complexity index is 1150. The molecule has 9 nitrogen and oxygen atoms in total. The average molecular weight is 508 g/mol. The highest BCUT2D eigenvalue weighted by molar-refractivity contribution is 6.31. The molecule has 35 heavy (non-hydrogen) atoms. The van der Waals surface area contributed by atoms with Crippen LogP contribution in [0.25, 0.3) is 5.69 Å². The molecule has 0 spiro atoms. The molecule has 2 amide bonds. The molecule has 12 heteroatoms. The van der Waals surface area contributed by atoms with Gasteiger partial charge in [0.2, 0.25) is 0 Å². The molecule has 0 saturated heterocycles. The van der Waals surface area contributed by atoms with Crippen molar-refractivity contribution in [3.05, 3.63) is 70.3 Å². The van der Waals surface area contributed by atoms with Crippen molar-refractivity contribution in [1.29, 1.82) is 0 Å². The van der Waals surface area contributed by atoms with Crippen LogP contribution < -0.4 is 15.4 Å². The molecule has 0 bridgehead atoms. The lowest BCUT2D eigenvalue weighted by atomic mass is 10.1. The third kappa shape index (κ3) is 6.96. The van der Waals surface area contributed by atoms with Gasteiger partial charge >= 0.3 is 0 Å². The van der Waals surface area contributed by atoms with Crippen LogP contribution >= 0.6 is 11.6 Å². The number of benzene rings is 2. The first-order chi connectivity index (χ1) is 16.9. The molecule has 0 unspecified atom stereocenters. The standard InChI is InChI=1S/C23H24ClF2N5O4/c1-2-27-22(32)15-6-7-20(21(12-15)35-11-10-34-9-8-25)31-14-19(29-30-31)23(33)28-13-16-17(24)4-3-5-18(16)26/h3-7,12,14H,2,8-11,13H2,1H3,(H,27,32)(H,28,33). The van der Waals surface area contributed by atoms with Gasteiger partial charge in [-0.1, -0.05) is 22.9 Å². The van der Waals surface area contributed by atoms with Crippen molar-refractivity contribution in [3.8, 4) is 11.4 Å². The van der Waals surface area contributed by atoms with Gasteiger partial charge in [-0.3, -0.25) is 9.59 Å². The van der Waals surface area contributed by atoms with Crippen LogP contribution in [-0.2, 0) is 11.3 Å². The summed E-state index contributed by atoms with van der Waals surface area (Å²) in [6, 6.07) is 8.94. The number of nitrogens with zero attached hydrogens (tertiary/aromatic N) is 3. The Morgan fingerprint density at radius 2 is 1.94 bits per heavy atom. The van der Waals surface area contributed by atoms with Crippen molar-refractivity contribution in [1.82, 2.24) is 25.6 Å². The van der Waals surface area contributed by atoms with Crippen LogP contribution in [-0.4, -0.2) is 59.8 Å². The van der Waals surface area contributed by atoms with E-state index in [1.807, 2.05) is 0 Å². The van der Waals surface area contributed by atoms with E-state index in [1.54, 1.807) is 19.1 Å². The number of nitrogens with one attached hydrogen (secondary N) is 2. The van der Waals surface area contributed by atoms with Crippen LogP contribution in [0.2, 0.25) is 5.02 Å². The number of ether oxygens (including phenoxy) is 2. The zero-order chi connectivity index (χ0) is 25.2. The van der Waals surface area contributed by atoms with Crippen LogP contribution in [0.3, 0.4) is 0 Å². The van der Waals surface area contributed by atoms with Gasteiger partial charge in [0.15, 0.2) is 5.69 Å². The maximum Gasteiger partial charge on any atom is 0.273 e. The van der Waals surface area contributed by atoms with Crippen LogP contribution in [0.4, 0.5) is 8.78 Å². The number of hydrogen-bond donors (Lipinski definition) is 2. The number of carbonyl (C=O) groups is 2. The molecular formula is C23H24ClF2N5O4. The van der Waals surface area contributed by atoms with Gasteiger partial charge in [0, 0.05) is 29.2 Å². The Labute approximate surface area is 205 Å². The molecule has 0 aliphatic heterocycles. The van der Waals surface area contributed by atoms with Crippen molar-refractivity contribution in [2.45, 2.75) is 13.5 Å². The molecule has 2 N–H and O–H groups in total. The summed E-state index contributed by atoms with van der Waals surface area (Å²) in [4.78, 5) is 24.8. The largest absolute Gasteiger partial charge is 0.489 e. The topological polar surface area (TPSA) is 107 Å². The molecule has 0 atom stereocenters. The van der Waals surface area contributed by atoms with Crippen LogP contribution in [0.1, 0.15) is 33.3 Å². The minimum Gasteiger partial charge on any atom is -0.489 e. The second kappa shape index (κ2) is 12.8. The third-order valence-corrected chi connectivity index (χ3v) is 5.08. The van der Waals surface area contributed by atoms with E-state index < -0.39 is 18.4 Å². The Kier molecular flexibility index (Phi) is 9.50. The minimum absolute atomic E-state index is 0.0255. The van der Waals surface area contributed by atoms with E-state index in [-0.39, 0.29) is 54.3 Å². The van der Waals surface area contributed by atoms with Crippen molar-refractivity contribution < 1.29 is 27.8 Å². The summed E-state index contributed by atoms with van der Waals surface area (Å²) in [7, 11) is 0. The van der Waals surface area contributed by atoms with Crippen molar-refractivity contribution >= 4 is 23.4 Å². The summed E-state index contributed by atoms with van der Waals surface area (Å²) in [5, 5.41) is 13.3. The molecule has 1 aromatic heterocycles. The molecule has 2 aromatic carbocycles. The fourth-order valence-corrected chi connectivity index (χ4v) is 3.27. The number of carbonyl (C=O) groups excluding carboxylic acids is 2. The molecular weight excluding hydrogens is 484 g/mol. The lowest BCUT2D eigenvalue weighted by Gasteiger charge is -2.13. The first kappa shape index (κ1) is 26.0. The van der Waals surface area contributed by atoms with Gasteiger partial charge < -0.3 is 20.1 Å². The zero-order valence-electron chi connectivity index (χ0n) is 18.9. The second-order valence-corrected chi connectivity index (χ2v) is 7.53. The summed E-state index contributed by atoms with van der Waals surface area (Å²) in [6.07, 6.45) is 1.37. The number of rotatable bonds is 12. The first-order valence-corrected chi connectivity index (χ1v) is 11.1. The molecule has 0 aliphatic carbocycles. The summed E-state index contributed by atoms with van der Waals surface area (Å²) >= 11 is 5.99. The van der Waals surface area contributed by atoms with Crippen LogP contribution in [0.5, 0.6) is 5.75 Å². The number of aromatic nitrogens is 3. The Morgan fingerprint density at radius 1 is 1.11 bits per heavy atom. The van der Waals surface area contributed by atoms with Crippen molar-refractivity contribution in [2.24, 2.45) is 0 Å². The van der Waals surface area contributed by atoms with Gasteiger partial charge in [-0.2, -0.15) is 0 Å². The number of halogens is 3. The summed E-state index contributed by atoms with van der Waals surface area (Å²) in [5.74, 6) is -1.13. The van der Waals surface area contributed by atoms with E-state index in [1.165, 1.54) is 35.1 Å². The number of alkyl halides is 1. The fourth-order valence-electron chi connectivity index (χ4n) is 3.04. The maximum atomic E-state index is 13.9. The lowest BCUT2D eigenvalue weighted by molar-refractivity contribution is 0.0894.